The van der Waals surface area contributed by atoms with Crippen molar-refractivity contribution >= 4 is 5.69 Å². The van der Waals surface area contributed by atoms with Crippen LogP contribution in [0.5, 0.6) is 0 Å². The van der Waals surface area contributed by atoms with Gasteiger partial charge in [-0.15, -0.1) is 0 Å². The molecule has 118 valence electrons. The predicted molar refractivity (Wildman–Crippen MR) is 89.2 cm³/mol. The van der Waals surface area contributed by atoms with Crippen molar-refractivity contribution in [3.05, 3.63) is 42.5 Å². The average Bonchev–Trinajstić information content (AvgIpc) is 3.10. The first-order chi connectivity index (χ1) is 10.8. The number of para-hydroxylation sites is 1. The molecule has 0 spiro atoms. The second-order valence-corrected chi connectivity index (χ2v) is 5.99. The highest BCUT2D eigenvalue weighted by atomic mass is 15.4. The Kier molecular flexibility index (Phi) is 4.73. The maximum Gasteiger partial charge on any atom is 0.137 e. The Morgan fingerprint density at radius 2 is 1.91 bits per heavy atom. The lowest BCUT2D eigenvalue weighted by Gasteiger charge is -2.37. The number of nitrogens with zero attached hydrogens (tertiary/aromatic N) is 5. The van der Waals surface area contributed by atoms with E-state index in [4.69, 9.17) is 0 Å². The van der Waals surface area contributed by atoms with Crippen LogP contribution in [0.15, 0.2) is 36.9 Å². The van der Waals surface area contributed by atoms with E-state index in [0.29, 0.717) is 6.04 Å². The van der Waals surface area contributed by atoms with E-state index in [2.05, 4.69) is 58.0 Å². The van der Waals surface area contributed by atoms with Crippen LogP contribution < -0.4 is 4.90 Å². The van der Waals surface area contributed by atoms with Crippen molar-refractivity contribution in [2.75, 3.05) is 37.6 Å². The Morgan fingerprint density at radius 1 is 1.14 bits per heavy atom. The minimum absolute atomic E-state index is 0.372. The van der Waals surface area contributed by atoms with Gasteiger partial charge in [-0.25, -0.2) is 9.67 Å². The molecule has 0 saturated carbocycles. The van der Waals surface area contributed by atoms with Crippen LogP contribution >= 0.6 is 0 Å². The summed E-state index contributed by atoms with van der Waals surface area (Å²) in [5, 5.41) is 4.24. The number of anilines is 1. The number of piperazine rings is 1. The van der Waals surface area contributed by atoms with Gasteiger partial charge in [0.2, 0.25) is 0 Å². The highest BCUT2D eigenvalue weighted by Crippen LogP contribution is 2.22. The first-order valence-electron chi connectivity index (χ1n) is 8.17. The lowest BCUT2D eigenvalue weighted by Crippen LogP contribution is -2.48. The molecule has 2 aromatic rings. The summed E-state index contributed by atoms with van der Waals surface area (Å²) in [7, 11) is 0. The highest BCUT2D eigenvalue weighted by molar-refractivity contribution is 5.54. The number of rotatable bonds is 5. The van der Waals surface area contributed by atoms with Gasteiger partial charge in [0.05, 0.1) is 6.04 Å². The standard InChI is InChI=1S/C17H25N5/c1-3-16-6-4-5-7-17(16)21-10-8-20(9-11-21)12-15(2)22-14-18-13-19-22/h4-7,13-15H,3,8-12H2,1-2H3/t15-/m0/s1. The monoisotopic (exact) mass is 299 g/mol. The summed E-state index contributed by atoms with van der Waals surface area (Å²) in [5.41, 5.74) is 2.86. The van der Waals surface area contributed by atoms with Crippen molar-refractivity contribution in [2.24, 2.45) is 0 Å². The molecule has 0 aliphatic carbocycles. The summed E-state index contributed by atoms with van der Waals surface area (Å²) in [6, 6.07) is 9.16. The second kappa shape index (κ2) is 6.92. The summed E-state index contributed by atoms with van der Waals surface area (Å²) in [4.78, 5) is 9.08. The van der Waals surface area contributed by atoms with Gasteiger partial charge in [0.15, 0.2) is 0 Å². The lowest BCUT2D eigenvalue weighted by atomic mass is 10.1. The highest BCUT2D eigenvalue weighted by Gasteiger charge is 2.20. The number of benzene rings is 1. The Hall–Kier alpha value is -1.88. The van der Waals surface area contributed by atoms with E-state index in [-0.39, 0.29) is 0 Å². The Morgan fingerprint density at radius 3 is 2.59 bits per heavy atom. The first-order valence-corrected chi connectivity index (χ1v) is 8.17. The first kappa shape index (κ1) is 15.0. The van der Waals surface area contributed by atoms with Gasteiger partial charge in [-0.05, 0) is 25.0 Å². The molecule has 1 saturated heterocycles. The molecule has 0 N–H and O–H groups in total. The fourth-order valence-corrected chi connectivity index (χ4v) is 3.19. The van der Waals surface area contributed by atoms with Crippen LogP contribution in [-0.4, -0.2) is 52.4 Å². The lowest BCUT2D eigenvalue weighted by molar-refractivity contribution is 0.219. The third kappa shape index (κ3) is 3.30. The van der Waals surface area contributed by atoms with E-state index in [1.807, 2.05) is 4.68 Å². The second-order valence-electron chi connectivity index (χ2n) is 5.99. The van der Waals surface area contributed by atoms with Crippen LogP contribution in [0.3, 0.4) is 0 Å². The summed E-state index contributed by atoms with van der Waals surface area (Å²) >= 11 is 0. The fourth-order valence-electron chi connectivity index (χ4n) is 3.19. The van der Waals surface area contributed by atoms with Gasteiger partial charge in [-0.2, -0.15) is 5.10 Å². The maximum absolute atomic E-state index is 4.24. The Bertz CT molecular complexity index is 572. The molecule has 2 heterocycles. The molecule has 0 unspecified atom stereocenters. The number of hydrogen-bond acceptors (Lipinski definition) is 4. The third-order valence-electron chi connectivity index (χ3n) is 4.50. The van der Waals surface area contributed by atoms with Crippen LogP contribution in [0.25, 0.3) is 0 Å². The zero-order valence-corrected chi connectivity index (χ0v) is 13.5. The molecular weight excluding hydrogens is 274 g/mol. The van der Waals surface area contributed by atoms with E-state index in [1.54, 1.807) is 12.7 Å². The van der Waals surface area contributed by atoms with Crippen LogP contribution in [-0.2, 0) is 6.42 Å². The van der Waals surface area contributed by atoms with E-state index >= 15 is 0 Å². The number of aryl methyl sites for hydroxylation is 1. The van der Waals surface area contributed by atoms with E-state index in [9.17, 15) is 0 Å². The van der Waals surface area contributed by atoms with Crippen molar-refractivity contribution < 1.29 is 0 Å². The Balaban J connectivity index is 1.56. The van der Waals surface area contributed by atoms with Gasteiger partial charge in [-0.3, -0.25) is 4.90 Å². The maximum atomic E-state index is 4.24. The minimum atomic E-state index is 0.372. The molecule has 1 aromatic heterocycles. The topological polar surface area (TPSA) is 37.2 Å². The van der Waals surface area contributed by atoms with Gasteiger partial charge >= 0.3 is 0 Å². The average molecular weight is 299 g/mol. The molecule has 22 heavy (non-hydrogen) atoms. The van der Waals surface area contributed by atoms with Crippen LogP contribution in [0.2, 0.25) is 0 Å². The van der Waals surface area contributed by atoms with Crippen LogP contribution in [0.4, 0.5) is 5.69 Å². The molecule has 0 amide bonds. The van der Waals surface area contributed by atoms with E-state index < -0.39 is 0 Å². The quantitative estimate of drug-likeness (QED) is 0.848. The van der Waals surface area contributed by atoms with Gasteiger partial charge in [0, 0.05) is 38.4 Å². The smallest absolute Gasteiger partial charge is 0.137 e. The largest absolute Gasteiger partial charge is 0.369 e. The van der Waals surface area contributed by atoms with Crippen LogP contribution in [0, 0.1) is 0 Å². The minimum Gasteiger partial charge on any atom is -0.369 e. The molecule has 5 nitrogen and oxygen atoms in total. The molecule has 5 heteroatoms. The fraction of sp³-hybridized carbons (Fsp3) is 0.529. The molecule has 3 rings (SSSR count). The van der Waals surface area contributed by atoms with E-state index in [1.165, 1.54) is 11.3 Å². The molecule has 0 bridgehead atoms. The van der Waals surface area contributed by atoms with E-state index in [0.717, 1.165) is 39.1 Å². The van der Waals surface area contributed by atoms with Crippen molar-refractivity contribution in [2.45, 2.75) is 26.3 Å². The normalized spacial score (nSPS) is 17.6. The summed E-state index contributed by atoms with van der Waals surface area (Å²) in [5.74, 6) is 0. The molecule has 1 atom stereocenters. The van der Waals surface area contributed by atoms with Crippen LogP contribution in [0.1, 0.15) is 25.5 Å². The molecular formula is C17H25N5. The van der Waals surface area contributed by atoms with Gasteiger partial charge < -0.3 is 4.90 Å². The SMILES string of the molecule is CCc1ccccc1N1CCN(C[C@H](C)n2cncn2)CC1. The zero-order valence-electron chi connectivity index (χ0n) is 13.5. The van der Waals surface area contributed by atoms with Crippen molar-refractivity contribution in [1.82, 2.24) is 19.7 Å². The Labute approximate surface area is 132 Å². The van der Waals surface area contributed by atoms with Crippen molar-refractivity contribution in [1.29, 1.82) is 0 Å². The molecule has 0 radical (unpaired) electrons. The number of aromatic nitrogens is 3. The van der Waals surface area contributed by atoms with Gasteiger partial charge in [-0.1, -0.05) is 25.1 Å². The number of hydrogen-bond donors (Lipinski definition) is 0. The van der Waals surface area contributed by atoms with Crippen molar-refractivity contribution in [3.63, 3.8) is 0 Å². The molecule has 1 aliphatic rings. The van der Waals surface area contributed by atoms with Gasteiger partial charge in [0.25, 0.3) is 0 Å². The summed E-state index contributed by atoms with van der Waals surface area (Å²) < 4.78 is 1.94. The molecule has 1 aliphatic heterocycles. The van der Waals surface area contributed by atoms with Gasteiger partial charge in [0.1, 0.15) is 12.7 Å². The third-order valence-corrected chi connectivity index (χ3v) is 4.50. The molecule has 1 fully saturated rings. The summed E-state index contributed by atoms with van der Waals surface area (Å²) in [6.45, 7) is 9.88. The van der Waals surface area contributed by atoms with Crippen molar-refractivity contribution in [3.8, 4) is 0 Å². The molecule has 1 aromatic carbocycles. The summed E-state index contributed by atoms with van der Waals surface area (Å²) in [6.07, 6.45) is 4.51. The zero-order chi connectivity index (χ0) is 15.4. The predicted octanol–water partition coefficient (Wildman–Crippen LogP) is 2.22.